The Morgan fingerprint density at radius 1 is 0.800 bits per heavy atom. The third-order valence-electron chi connectivity index (χ3n) is 3.07. The monoisotopic (exact) mass is 417 g/mol. The summed E-state index contributed by atoms with van der Waals surface area (Å²) in [6.45, 7) is 6.37. The molecule has 1 N–H and O–H groups in total. The molecule has 1 heterocycles. The van der Waals surface area contributed by atoms with Crippen molar-refractivity contribution in [3.63, 3.8) is 0 Å². The maximum absolute atomic E-state index is 11.0. The van der Waals surface area contributed by atoms with Gasteiger partial charge in [0, 0.05) is 12.2 Å². The highest BCUT2D eigenvalue weighted by Crippen LogP contribution is 2.23. The smallest absolute Gasteiger partial charge is 0.331 e. The maximum Gasteiger partial charge on any atom is 0.331 e. The second-order valence-electron chi connectivity index (χ2n) is 5.22. The minimum absolute atomic E-state index is 0.0430. The van der Waals surface area contributed by atoms with Gasteiger partial charge in [0.1, 0.15) is 37.9 Å². The lowest BCUT2D eigenvalue weighted by molar-refractivity contribution is -0.139. The van der Waals surface area contributed by atoms with Crippen molar-refractivity contribution in [2.75, 3.05) is 26.4 Å². The van der Waals surface area contributed by atoms with Crippen LogP contribution >= 0.6 is 0 Å². The van der Waals surface area contributed by atoms with Gasteiger partial charge in [0.15, 0.2) is 0 Å². The van der Waals surface area contributed by atoms with Gasteiger partial charge in [0.05, 0.1) is 0 Å². The molecule has 0 spiro atoms. The summed E-state index contributed by atoms with van der Waals surface area (Å²) in [7, 11) is 0. The van der Waals surface area contributed by atoms with Crippen molar-refractivity contribution >= 4 is 11.9 Å². The third-order valence-corrected chi connectivity index (χ3v) is 3.07. The second kappa shape index (κ2) is 11.6. The van der Waals surface area contributed by atoms with Gasteiger partial charge in [-0.15, -0.1) is 15.0 Å². The molecule has 0 saturated carbocycles. The number of carbonyl (C=O) groups is 2. The molecule has 11 nitrogen and oxygen atoms in total. The maximum atomic E-state index is 11.0. The standard InChI is InChI=1S/C19H19N3O8/c1-3-15(24)26-9-11-28-17-20-18(29-12-10-27-16(25)4-2)22-19(21-17)30-14-7-5-13(23)6-8-14/h3-8,23H,1-2,9-12H2. The van der Waals surface area contributed by atoms with Gasteiger partial charge in [0.2, 0.25) is 0 Å². The molecule has 2 rings (SSSR count). The number of rotatable bonds is 12. The lowest BCUT2D eigenvalue weighted by Crippen LogP contribution is -2.14. The molecule has 0 fully saturated rings. The molecule has 0 atom stereocenters. The van der Waals surface area contributed by atoms with Gasteiger partial charge in [-0.1, -0.05) is 13.2 Å². The number of phenols is 1. The Balaban J connectivity index is 2.04. The summed E-state index contributed by atoms with van der Waals surface area (Å²) in [5.74, 6) is -0.780. The number of esters is 2. The van der Waals surface area contributed by atoms with Crippen LogP contribution in [0, 0.1) is 0 Å². The first-order chi connectivity index (χ1) is 14.5. The normalized spacial score (nSPS) is 9.87. The predicted molar refractivity (Wildman–Crippen MR) is 101 cm³/mol. The van der Waals surface area contributed by atoms with Crippen LogP contribution in [0.3, 0.4) is 0 Å². The Labute approximate surface area is 171 Å². The van der Waals surface area contributed by atoms with E-state index in [1.807, 2.05) is 0 Å². The number of carbonyl (C=O) groups excluding carboxylic acids is 2. The molecule has 0 aliphatic heterocycles. The van der Waals surface area contributed by atoms with Crippen LogP contribution < -0.4 is 14.2 Å². The number of ether oxygens (including phenoxy) is 5. The minimum atomic E-state index is -0.594. The Hall–Kier alpha value is -4.15. The van der Waals surface area contributed by atoms with Crippen LogP contribution in [0.5, 0.6) is 29.5 Å². The topological polar surface area (TPSA) is 139 Å². The van der Waals surface area contributed by atoms with E-state index in [0.29, 0.717) is 5.75 Å². The Morgan fingerprint density at radius 3 is 1.73 bits per heavy atom. The van der Waals surface area contributed by atoms with Gasteiger partial charge in [-0.05, 0) is 24.3 Å². The molecule has 2 aromatic rings. The highest BCUT2D eigenvalue weighted by molar-refractivity contribution is 5.81. The SMILES string of the molecule is C=CC(=O)OCCOc1nc(OCCOC(=O)C=C)nc(Oc2ccc(O)cc2)n1. The summed E-state index contributed by atoms with van der Waals surface area (Å²) in [5.41, 5.74) is 0. The van der Waals surface area contributed by atoms with Crippen LogP contribution in [0.4, 0.5) is 0 Å². The molecule has 0 aliphatic carbocycles. The van der Waals surface area contributed by atoms with Gasteiger partial charge < -0.3 is 28.8 Å². The number of hydrogen-bond donors (Lipinski definition) is 1. The number of nitrogens with zero attached hydrogens (tertiary/aromatic N) is 3. The molecular weight excluding hydrogens is 398 g/mol. The lowest BCUT2D eigenvalue weighted by Gasteiger charge is -2.10. The molecule has 0 aliphatic rings. The van der Waals surface area contributed by atoms with Crippen LogP contribution in [-0.2, 0) is 19.1 Å². The summed E-state index contributed by atoms with van der Waals surface area (Å²) in [4.78, 5) is 34.0. The van der Waals surface area contributed by atoms with Gasteiger partial charge in [-0.3, -0.25) is 0 Å². The van der Waals surface area contributed by atoms with Crippen molar-refractivity contribution in [2.24, 2.45) is 0 Å². The molecule has 0 unspecified atom stereocenters. The Morgan fingerprint density at radius 2 is 1.27 bits per heavy atom. The summed E-state index contributed by atoms with van der Waals surface area (Å²) in [5, 5.41) is 9.34. The largest absolute Gasteiger partial charge is 0.508 e. The van der Waals surface area contributed by atoms with Crippen LogP contribution in [0.1, 0.15) is 0 Å². The first-order valence-corrected chi connectivity index (χ1v) is 8.57. The molecule has 0 bridgehead atoms. The number of phenolic OH excluding ortho intramolecular Hbond substituents is 1. The molecular formula is C19H19N3O8. The van der Waals surface area contributed by atoms with Crippen molar-refractivity contribution in [3.8, 4) is 29.5 Å². The Bertz CT molecular complexity index is 840. The lowest BCUT2D eigenvalue weighted by atomic mass is 10.3. The zero-order valence-corrected chi connectivity index (χ0v) is 15.9. The fraction of sp³-hybridized carbons (Fsp3) is 0.211. The van der Waals surface area contributed by atoms with E-state index in [9.17, 15) is 14.7 Å². The molecule has 30 heavy (non-hydrogen) atoms. The van der Waals surface area contributed by atoms with Crippen LogP contribution in [0.25, 0.3) is 0 Å². The number of aromatic hydroxyl groups is 1. The van der Waals surface area contributed by atoms with E-state index in [1.54, 1.807) is 0 Å². The first kappa shape index (κ1) is 22.1. The van der Waals surface area contributed by atoms with E-state index in [0.717, 1.165) is 12.2 Å². The van der Waals surface area contributed by atoms with Gasteiger partial charge in [-0.25, -0.2) is 9.59 Å². The number of benzene rings is 1. The van der Waals surface area contributed by atoms with E-state index < -0.39 is 11.9 Å². The minimum Gasteiger partial charge on any atom is -0.508 e. The Kier molecular flexibility index (Phi) is 8.59. The fourth-order valence-electron chi connectivity index (χ4n) is 1.78. The third kappa shape index (κ3) is 7.84. The van der Waals surface area contributed by atoms with E-state index in [1.165, 1.54) is 24.3 Å². The second-order valence-corrected chi connectivity index (χ2v) is 5.22. The molecule has 1 aromatic carbocycles. The zero-order chi connectivity index (χ0) is 21.8. The molecule has 1 aromatic heterocycles. The molecule has 11 heteroatoms. The van der Waals surface area contributed by atoms with Crippen LogP contribution in [0.2, 0.25) is 0 Å². The van der Waals surface area contributed by atoms with Crippen LogP contribution in [0.15, 0.2) is 49.6 Å². The van der Waals surface area contributed by atoms with E-state index in [-0.39, 0.29) is 50.2 Å². The summed E-state index contributed by atoms with van der Waals surface area (Å²) < 4.78 is 25.8. The first-order valence-electron chi connectivity index (χ1n) is 8.57. The quantitative estimate of drug-likeness (QED) is 0.306. The molecule has 0 amide bonds. The average molecular weight is 417 g/mol. The van der Waals surface area contributed by atoms with Crippen molar-refractivity contribution in [1.29, 1.82) is 0 Å². The summed E-state index contributed by atoms with van der Waals surface area (Å²) >= 11 is 0. The van der Waals surface area contributed by atoms with Crippen LogP contribution in [-0.4, -0.2) is 58.4 Å². The van der Waals surface area contributed by atoms with Gasteiger partial charge in [0.25, 0.3) is 0 Å². The van der Waals surface area contributed by atoms with Crippen molar-refractivity contribution in [2.45, 2.75) is 0 Å². The summed E-state index contributed by atoms with van der Waals surface area (Å²) in [6, 6.07) is 5.42. The van der Waals surface area contributed by atoms with Crippen molar-refractivity contribution in [3.05, 3.63) is 49.6 Å². The van der Waals surface area contributed by atoms with E-state index in [4.69, 9.17) is 23.7 Å². The van der Waals surface area contributed by atoms with Gasteiger partial charge in [-0.2, -0.15) is 0 Å². The summed E-state index contributed by atoms with van der Waals surface area (Å²) in [6.07, 6.45) is 2.05. The van der Waals surface area contributed by atoms with Gasteiger partial charge >= 0.3 is 30.0 Å². The average Bonchev–Trinajstić information content (AvgIpc) is 2.75. The fourth-order valence-corrected chi connectivity index (χ4v) is 1.78. The molecule has 158 valence electrons. The van der Waals surface area contributed by atoms with E-state index in [2.05, 4.69) is 28.1 Å². The molecule has 0 saturated heterocycles. The predicted octanol–water partition coefficient (Wildman–Crippen LogP) is 1.59. The highest BCUT2D eigenvalue weighted by atomic mass is 16.6. The highest BCUT2D eigenvalue weighted by Gasteiger charge is 2.12. The van der Waals surface area contributed by atoms with E-state index >= 15 is 0 Å². The molecule has 0 radical (unpaired) electrons. The van der Waals surface area contributed by atoms with Crippen molar-refractivity contribution < 1.29 is 38.4 Å². The number of hydrogen-bond acceptors (Lipinski definition) is 11. The zero-order valence-electron chi connectivity index (χ0n) is 15.9. The number of aromatic nitrogens is 3. The van der Waals surface area contributed by atoms with Crippen molar-refractivity contribution in [1.82, 2.24) is 15.0 Å².